The molecule has 0 atom stereocenters. The van der Waals surface area contributed by atoms with Crippen LogP contribution >= 0.6 is 0 Å². The Balaban J connectivity index is 0.00000112. The molecule has 15 heavy (non-hydrogen) atoms. The summed E-state index contributed by atoms with van der Waals surface area (Å²) < 4.78 is 0. The number of aromatic nitrogens is 1. The smallest absolute Gasteiger partial charge is 0.000624 e. The average molecular weight is 276 g/mol. The van der Waals surface area contributed by atoms with Gasteiger partial charge in [0.15, 0.2) is 0 Å². The molecule has 1 aromatic carbocycles. The van der Waals surface area contributed by atoms with E-state index in [1.165, 1.54) is 16.5 Å². The molecule has 3 heteroatoms. The monoisotopic (exact) mass is 276 g/mol. The molecule has 0 spiro atoms. The summed E-state index contributed by atoms with van der Waals surface area (Å²) in [6.07, 6.45) is 3.19. The number of aromatic amines is 1. The first kappa shape index (κ1) is 12.9. The first-order valence-electron chi connectivity index (χ1n) is 4.88. The van der Waals surface area contributed by atoms with Gasteiger partial charge in [0.25, 0.3) is 0 Å². The number of hydrogen-bond acceptors (Lipinski definition) is 1. The summed E-state index contributed by atoms with van der Waals surface area (Å²) in [6, 6.07) is 9.17. The maximum absolute atomic E-state index is 3.27. The van der Waals surface area contributed by atoms with Crippen LogP contribution in [-0.4, -0.2) is 30.5 Å². The van der Waals surface area contributed by atoms with E-state index < -0.39 is 0 Å². The Labute approximate surface area is 116 Å². The van der Waals surface area contributed by atoms with Gasteiger partial charge in [-0.3, -0.25) is 0 Å². The molecule has 0 saturated heterocycles. The van der Waals surface area contributed by atoms with Crippen LogP contribution in [0.4, 0.5) is 0 Å². The van der Waals surface area contributed by atoms with Crippen LogP contribution in [-0.2, 0) is 39.1 Å². The summed E-state index contributed by atoms with van der Waals surface area (Å²) in [6.45, 7) is 1.09. The van der Waals surface area contributed by atoms with Crippen LogP contribution in [0.3, 0.4) is 0 Å². The fourth-order valence-corrected chi connectivity index (χ4v) is 1.62. The fraction of sp³-hybridized carbons (Fsp3) is 0.333. The van der Waals surface area contributed by atoms with Gasteiger partial charge in [0, 0.05) is 39.3 Å². The van der Waals surface area contributed by atoms with Crippen molar-refractivity contribution in [1.82, 2.24) is 9.88 Å². The molecule has 77 valence electrons. The Kier molecular flexibility index (Phi) is 4.97. The number of likely N-dealkylation sites (N-methyl/N-ethyl adjacent to an activating group) is 1. The van der Waals surface area contributed by atoms with Crippen LogP contribution in [0.15, 0.2) is 24.4 Å². The Hall–Kier alpha value is -0.176. The van der Waals surface area contributed by atoms with Gasteiger partial charge in [0.05, 0.1) is 0 Å². The predicted molar refractivity (Wildman–Crippen MR) is 59.4 cm³/mol. The first-order valence-corrected chi connectivity index (χ1v) is 4.88. The number of fused-ring (bicyclic) bond motifs is 1. The van der Waals surface area contributed by atoms with Gasteiger partial charge in [-0.2, -0.15) is 18.2 Å². The van der Waals surface area contributed by atoms with Gasteiger partial charge < -0.3 is 9.88 Å². The van der Waals surface area contributed by atoms with Gasteiger partial charge in [-0.25, -0.2) is 0 Å². The Bertz CT molecular complexity index is 420. The standard InChI is InChI=1S/C12H15N2.Y/c1-14(2)8-7-10-9-13-12-6-4-3-5-11(10)12;/h4-6,9,13H,7-8H2,1-2H3;/q-1;. The van der Waals surface area contributed by atoms with Gasteiger partial charge in [-0.15, -0.1) is 11.5 Å². The summed E-state index contributed by atoms with van der Waals surface area (Å²) in [5.74, 6) is 0. The van der Waals surface area contributed by atoms with Crippen LogP contribution < -0.4 is 0 Å². The summed E-state index contributed by atoms with van der Waals surface area (Å²) in [5.41, 5.74) is 2.59. The van der Waals surface area contributed by atoms with Crippen LogP contribution in [0.5, 0.6) is 0 Å². The second kappa shape index (κ2) is 5.78. The van der Waals surface area contributed by atoms with Crippen molar-refractivity contribution in [2.24, 2.45) is 0 Å². The number of rotatable bonds is 3. The summed E-state index contributed by atoms with van der Waals surface area (Å²) in [4.78, 5) is 5.47. The van der Waals surface area contributed by atoms with E-state index in [-0.39, 0.29) is 32.7 Å². The predicted octanol–water partition coefficient (Wildman–Crippen LogP) is 2.07. The van der Waals surface area contributed by atoms with Gasteiger partial charge in [-0.1, -0.05) is 11.1 Å². The largest absolute Gasteiger partial charge is 0.384 e. The second-order valence-electron chi connectivity index (χ2n) is 3.84. The van der Waals surface area contributed by atoms with Gasteiger partial charge >= 0.3 is 0 Å². The minimum absolute atomic E-state index is 0. The molecule has 0 saturated carbocycles. The van der Waals surface area contributed by atoms with E-state index in [2.05, 4.69) is 48.4 Å². The maximum Gasteiger partial charge on any atom is 0.000624 e. The molecule has 1 heterocycles. The Morgan fingerprint density at radius 1 is 1.40 bits per heavy atom. The average Bonchev–Trinajstić information content (AvgIpc) is 2.58. The van der Waals surface area contributed by atoms with Crippen LogP contribution in [0, 0.1) is 6.07 Å². The van der Waals surface area contributed by atoms with E-state index in [9.17, 15) is 0 Å². The van der Waals surface area contributed by atoms with Crippen LogP contribution in [0.25, 0.3) is 10.9 Å². The van der Waals surface area contributed by atoms with Crippen molar-refractivity contribution in [2.45, 2.75) is 6.42 Å². The van der Waals surface area contributed by atoms with Crippen molar-refractivity contribution in [1.29, 1.82) is 0 Å². The molecule has 2 rings (SSSR count). The molecule has 0 aliphatic rings. The van der Waals surface area contributed by atoms with Crippen molar-refractivity contribution >= 4 is 10.9 Å². The van der Waals surface area contributed by atoms with Crippen molar-refractivity contribution in [3.8, 4) is 0 Å². The van der Waals surface area contributed by atoms with Gasteiger partial charge in [-0.05, 0) is 26.7 Å². The molecule has 0 amide bonds. The van der Waals surface area contributed by atoms with E-state index in [0.717, 1.165) is 13.0 Å². The molecule has 1 N–H and O–H groups in total. The molecule has 0 aliphatic carbocycles. The number of benzene rings is 1. The maximum atomic E-state index is 3.27. The SMILES string of the molecule is CN(C)CCc1c[nH]c2cc[c-]cc12.[Y]. The van der Waals surface area contributed by atoms with E-state index in [1.807, 2.05) is 6.07 Å². The number of H-pyrrole nitrogens is 1. The number of nitrogens with one attached hydrogen (secondary N) is 1. The minimum atomic E-state index is 0. The van der Waals surface area contributed by atoms with E-state index in [0.29, 0.717) is 0 Å². The van der Waals surface area contributed by atoms with Crippen molar-refractivity contribution in [3.63, 3.8) is 0 Å². The second-order valence-corrected chi connectivity index (χ2v) is 3.84. The minimum Gasteiger partial charge on any atom is -0.384 e. The molecular weight excluding hydrogens is 261 g/mol. The molecule has 2 nitrogen and oxygen atoms in total. The summed E-state index contributed by atoms with van der Waals surface area (Å²) in [7, 11) is 4.20. The first-order chi connectivity index (χ1) is 6.77. The van der Waals surface area contributed by atoms with Gasteiger partial charge in [0.1, 0.15) is 0 Å². The molecule has 1 radical (unpaired) electrons. The van der Waals surface area contributed by atoms with Crippen molar-refractivity contribution in [2.75, 3.05) is 20.6 Å². The third-order valence-corrected chi connectivity index (χ3v) is 2.44. The third kappa shape index (κ3) is 3.14. The number of hydrogen-bond donors (Lipinski definition) is 1. The molecule has 0 fully saturated rings. The number of nitrogens with zero attached hydrogens (tertiary/aromatic N) is 1. The zero-order chi connectivity index (χ0) is 9.97. The van der Waals surface area contributed by atoms with Crippen LogP contribution in [0.2, 0.25) is 0 Å². The van der Waals surface area contributed by atoms with Crippen molar-refractivity contribution in [3.05, 3.63) is 36.0 Å². The molecule has 1 aromatic heterocycles. The van der Waals surface area contributed by atoms with E-state index in [4.69, 9.17) is 0 Å². The fourth-order valence-electron chi connectivity index (χ4n) is 1.62. The summed E-state index contributed by atoms with van der Waals surface area (Å²) in [5, 5.41) is 1.30. The molecule has 0 aliphatic heterocycles. The Morgan fingerprint density at radius 2 is 2.20 bits per heavy atom. The zero-order valence-electron chi connectivity index (χ0n) is 9.25. The molecule has 0 bridgehead atoms. The van der Waals surface area contributed by atoms with E-state index in [1.54, 1.807) is 0 Å². The van der Waals surface area contributed by atoms with E-state index >= 15 is 0 Å². The Morgan fingerprint density at radius 3 is 2.93 bits per heavy atom. The summed E-state index contributed by atoms with van der Waals surface area (Å²) >= 11 is 0. The topological polar surface area (TPSA) is 19.0 Å². The van der Waals surface area contributed by atoms with Gasteiger partial charge in [0.2, 0.25) is 0 Å². The third-order valence-electron chi connectivity index (χ3n) is 2.44. The zero-order valence-corrected chi connectivity index (χ0v) is 12.1. The molecular formula is C12H15N2Y-. The normalized spacial score (nSPS) is 10.6. The quantitative estimate of drug-likeness (QED) is 0.850. The van der Waals surface area contributed by atoms with Crippen molar-refractivity contribution < 1.29 is 32.7 Å². The molecule has 2 aromatic rings. The van der Waals surface area contributed by atoms with Crippen LogP contribution in [0.1, 0.15) is 5.56 Å². The molecule has 0 unspecified atom stereocenters.